The number of imide groups is 1. The first-order valence-electron chi connectivity index (χ1n) is 10.1. The molecule has 168 valence electrons. The van der Waals surface area contributed by atoms with Crippen molar-refractivity contribution in [1.29, 1.82) is 0 Å². The lowest BCUT2D eigenvalue weighted by Gasteiger charge is -2.29. The average Bonchev–Trinajstić information content (AvgIpc) is 2.92. The van der Waals surface area contributed by atoms with Crippen LogP contribution in [0.25, 0.3) is 0 Å². The minimum absolute atomic E-state index is 0.191. The number of carbonyl (C=O) groups is 4. The Bertz CT molecular complexity index is 843. The zero-order chi connectivity index (χ0) is 23.2. The van der Waals surface area contributed by atoms with Gasteiger partial charge in [0.25, 0.3) is 11.8 Å². The summed E-state index contributed by atoms with van der Waals surface area (Å²) in [5, 5.41) is 4.38. The summed E-state index contributed by atoms with van der Waals surface area (Å²) in [5.41, 5.74) is 0.480. The molecule has 0 unspecified atom stereocenters. The number of carbonyl (C=O) groups excluding carboxylic acids is 4. The van der Waals surface area contributed by atoms with Crippen LogP contribution in [0.1, 0.15) is 67.7 Å². The number of fused-ring (bicyclic) bond motifs is 1. The van der Waals surface area contributed by atoms with Crippen LogP contribution in [0, 0.1) is 0 Å². The lowest BCUT2D eigenvalue weighted by molar-refractivity contribution is 0.0224. The molecule has 1 aromatic rings. The van der Waals surface area contributed by atoms with E-state index in [4.69, 9.17) is 4.74 Å². The van der Waals surface area contributed by atoms with Gasteiger partial charge in [0.1, 0.15) is 5.60 Å². The molecule has 0 fully saturated rings. The number of hydrogen-bond acceptors (Lipinski definition) is 6. The van der Waals surface area contributed by atoms with Gasteiger partial charge < -0.3 is 4.74 Å². The number of amides is 4. The van der Waals surface area contributed by atoms with Crippen molar-refractivity contribution >= 4 is 34.9 Å². The van der Waals surface area contributed by atoms with Gasteiger partial charge in [0, 0.05) is 12.2 Å². The van der Waals surface area contributed by atoms with Crippen molar-refractivity contribution in [2.45, 2.75) is 52.6 Å². The fourth-order valence-corrected chi connectivity index (χ4v) is 3.55. The summed E-state index contributed by atoms with van der Waals surface area (Å²) in [6, 6.07) is 6.53. The lowest BCUT2D eigenvalue weighted by Crippen LogP contribution is -2.48. The van der Waals surface area contributed by atoms with Crippen LogP contribution in [-0.2, 0) is 4.74 Å². The van der Waals surface area contributed by atoms with E-state index >= 15 is 0 Å². The smallest absolute Gasteiger partial charge is 0.411 e. The molecule has 0 saturated heterocycles. The molecule has 0 atom stereocenters. The van der Waals surface area contributed by atoms with E-state index in [2.05, 4.69) is 11.9 Å². The van der Waals surface area contributed by atoms with Crippen molar-refractivity contribution < 1.29 is 23.9 Å². The standard InChI is InChI=1S/C22H29N3O5S/c1-6-31-21(29)24(25-18(26)16-12-7-8-13-17(16)19(25)27)14-10-9-11-15(2)23-20(28)30-22(3,4)5/h7-8,12-13H,2,6,9-11,14H2,1,3-5H3,(H,23,28). The molecule has 9 heteroatoms. The third-order valence-electron chi connectivity index (χ3n) is 4.27. The Morgan fingerprint density at radius 1 is 1.13 bits per heavy atom. The van der Waals surface area contributed by atoms with Gasteiger partial charge in [-0.1, -0.05) is 37.4 Å². The zero-order valence-corrected chi connectivity index (χ0v) is 19.2. The third-order valence-corrected chi connectivity index (χ3v) is 5.02. The number of alkyl carbamates (subject to hydrolysis) is 1. The highest BCUT2D eigenvalue weighted by Crippen LogP contribution is 2.26. The Morgan fingerprint density at radius 2 is 1.71 bits per heavy atom. The summed E-state index contributed by atoms with van der Waals surface area (Å²) in [5.74, 6) is -0.474. The van der Waals surface area contributed by atoms with Crippen molar-refractivity contribution in [2.75, 3.05) is 12.3 Å². The molecule has 2 rings (SSSR count). The number of nitrogens with one attached hydrogen (secondary N) is 1. The highest BCUT2D eigenvalue weighted by molar-refractivity contribution is 8.13. The Kier molecular flexibility index (Phi) is 8.27. The van der Waals surface area contributed by atoms with Gasteiger partial charge in [-0.05, 0) is 57.9 Å². The highest BCUT2D eigenvalue weighted by Gasteiger charge is 2.40. The molecule has 1 aromatic carbocycles. The number of unbranched alkanes of at least 4 members (excludes halogenated alkanes) is 1. The molecule has 8 nitrogen and oxygen atoms in total. The Morgan fingerprint density at radius 3 is 2.23 bits per heavy atom. The van der Waals surface area contributed by atoms with Crippen molar-refractivity contribution in [3.05, 3.63) is 47.7 Å². The lowest BCUT2D eigenvalue weighted by atomic mass is 10.1. The van der Waals surface area contributed by atoms with E-state index in [1.54, 1.807) is 45.0 Å². The topological polar surface area (TPSA) is 96.0 Å². The normalized spacial score (nSPS) is 13.1. The molecule has 4 amide bonds. The van der Waals surface area contributed by atoms with Crippen LogP contribution in [0.4, 0.5) is 9.59 Å². The Labute approximate surface area is 186 Å². The van der Waals surface area contributed by atoms with E-state index in [1.165, 1.54) is 5.01 Å². The molecule has 0 aromatic heterocycles. The van der Waals surface area contributed by atoms with Gasteiger partial charge in [0.05, 0.1) is 11.1 Å². The van der Waals surface area contributed by atoms with E-state index in [1.807, 2.05) is 6.92 Å². The van der Waals surface area contributed by atoms with Gasteiger partial charge in [-0.15, -0.1) is 0 Å². The van der Waals surface area contributed by atoms with Crippen LogP contribution in [0.2, 0.25) is 0 Å². The first-order chi connectivity index (χ1) is 14.5. The third kappa shape index (κ3) is 6.58. The molecular weight excluding hydrogens is 418 g/mol. The number of benzene rings is 1. The summed E-state index contributed by atoms with van der Waals surface area (Å²) in [7, 11) is 0. The first kappa shape index (κ1) is 24.5. The molecule has 1 aliphatic heterocycles. The molecule has 0 aliphatic carbocycles. The molecule has 1 N–H and O–H groups in total. The van der Waals surface area contributed by atoms with Gasteiger partial charge in [-0.3, -0.25) is 19.7 Å². The van der Waals surface area contributed by atoms with Gasteiger partial charge in [-0.25, -0.2) is 9.80 Å². The second-order valence-electron chi connectivity index (χ2n) is 7.98. The number of allylic oxidation sites excluding steroid dienone is 1. The van der Waals surface area contributed by atoms with E-state index in [0.29, 0.717) is 41.8 Å². The van der Waals surface area contributed by atoms with E-state index < -0.39 is 23.5 Å². The summed E-state index contributed by atoms with van der Waals surface area (Å²) in [6.45, 7) is 11.2. The van der Waals surface area contributed by atoms with E-state index in [9.17, 15) is 19.2 Å². The number of hydrogen-bond donors (Lipinski definition) is 1. The molecule has 31 heavy (non-hydrogen) atoms. The van der Waals surface area contributed by atoms with Crippen LogP contribution in [0.15, 0.2) is 36.5 Å². The molecular formula is C22H29N3O5S. The van der Waals surface area contributed by atoms with Crippen LogP contribution in [-0.4, -0.2) is 51.1 Å². The minimum Gasteiger partial charge on any atom is -0.444 e. The van der Waals surface area contributed by atoms with Crippen molar-refractivity contribution in [2.24, 2.45) is 0 Å². The van der Waals surface area contributed by atoms with Gasteiger partial charge in [-0.2, -0.15) is 5.01 Å². The van der Waals surface area contributed by atoms with Crippen LogP contribution >= 0.6 is 11.8 Å². The second kappa shape index (κ2) is 10.5. The van der Waals surface area contributed by atoms with E-state index in [-0.39, 0.29) is 11.8 Å². The zero-order valence-electron chi connectivity index (χ0n) is 18.4. The Hall–Kier alpha value is -2.81. The summed E-state index contributed by atoms with van der Waals surface area (Å²) >= 11 is 1.04. The maximum Gasteiger partial charge on any atom is 0.411 e. The molecule has 1 heterocycles. The molecule has 0 radical (unpaired) electrons. The predicted octanol–water partition coefficient (Wildman–Crippen LogP) is 4.58. The van der Waals surface area contributed by atoms with Crippen molar-refractivity contribution in [3.8, 4) is 0 Å². The number of ether oxygens (including phenoxy) is 1. The van der Waals surface area contributed by atoms with Gasteiger partial charge in [0.2, 0.25) is 0 Å². The second-order valence-corrected chi connectivity index (χ2v) is 9.19. The fourth-order valence-electron chi connectivity index (χ4n) is 2.98. The largest absolute Gasteiger partial charge is 0.444 e. The van der Waals surface area contributed by atoms with Crippen LogP contribution < -0.4 is 5.32 Å². The van der Waals surface area contributed by atoms with E-state index in [0.717, 1.165) is 16.8 Å². The van der Waals surface area contributed by atoms with Gasteiger partial charge in [0.15, 0.2) is 0 Å². The minimum atomic E-state index is -0.603. The fraction of sp³-hybridized carbons (Fsp3) is 0.455. The maximum atomic E-state index is 12.8. The number of hydrazine groups is 1. The number of thioether (sulfide) groups is 1. The predicted molar refractivity (Wildman–Crippen MR) is 120 cm³/mol. The summed E-state index contributed by atoms with van der Waals surface area (Å²) in [6.07, 6.45) is 1.01. The SMILES string of the molecule is C=C(CCCCN(C(=O)SCC)N1C(=O)c2ccccc2C1=O)NC(=O)OC(C)(C)C. The average molecular weight is 448 g/mol. The Balaban J connectivity index is 1.95. The van der Waals surface area contributed by atoms with Crippen molar-refractivity contribution in [1.82, 2.24) is 15.3 Å². The molecule has 1 aliphatic rings. The van der Waals surface area contributed by atoms with Gasteiger partial charge >= 0.3 is 11.3 Å². The summed E-state index contributed by atoms with van der Waals surface area (Å²) in [4.78, 5) is 49.9. The van der Waals surface area contributed by atoms with Crippen molar-refractivity contribution in [3.63, 3.8) is 0 Å². The summed E-state index contributed by atoms with van der Waals surface area (Å²) < 4.78 is 5.18. The highest BCUT2D eigenvalue weighted by atomic mass is 32.2. The number of nitrogens with zero attached hydrogens (tertiary/aromatic N) is 2. The van der Waals surface area contributed by atoms with Crippen LogP contribution in [0.5, 0.6) is 0 Å². The monoisotopic (exact) mass is 447 g/mol. The maximum absolute atomic E-state index is 12.8. The van der Waals surface area contributed by atoms with Crippen LogP contribution in [0.3, 0.4) is 0 Å². The first-order valence-corrected chi connectivity index (χ1v) is 11.1. The molecule has 0 bridgehead atoms. The number of rotatable bonds is 8. The quantitative estimate of drug-likeness (QED) is 0.463. The molecule has 0 saturated carbocycles. The molecule has 0 spiro atoms.